The minimum Gasteiger partial charge on any atom is -0.499 e. The number of amides is 3. The summed E-state index contributed by atoms with van der Waals surface area (Å²) < 4.78 is 5.25. The Morgan fingerprint density at radius 3 is 2.48 bits per heavy atom. The Kier molecular flexibility index (Phi) is 7.26. The van der Waals surface area contributed by atoms with E-state index in [2.05, 4.69) is 5.32 Å². The molecule has 1 aliphatic rings. The van der Waals surface area contributed by atoms with Crippen LogP contribution >= 0.6 is 0 Å². The van der Waals surface area contributed by atoms with Crippen molar-refractivity contribution in [3.8, 4) is 0 Å². The van der Waals surface area contributed by atoms with Gasteiger partial charge in [0.2, 0.25) is 5.91 Å². The summed E-state index contributed by atoms with van der Waals surface area (Å²) in [6.07, 6.45) is 3.63. The van der Waals surface area contributed by atoms with Crippen molar-refractivity contribution in [1.29, 1.82) is 0 Å². The molecule has 0 fully saturated rings. The van der Waals surface area contributed by atoms with Gasteiger partial charge in [-0.3, -0.25) is 19.3 Å². The molecule has 0 aromatic carbocycles. The summed E-state index contributed by atoms with van der Waals surface area (Å²) in [4.78, 5) is 38.1. The molecule has 6 nitrogen and oxygen atoms in total. The van der Waals surface area contributed by atoms with Crippen LogP contribution in [0.25, 0.3) is 0 Å². The van der Waals surface area contributed by atoms with Gasteiger partial charge in [-0.2, -0.15) is 0 Å². The third kappa shape index (κ3) is 4.81. The number of ether oxygens (including phenoxy) is 1. The van der Waals surface area contributed by atoms with E-state index in [1.54, 1.807) is 6.92 Å². The second-order valence-electron chi connectivity index (χ2n) is 6.20. The van der Waals surface area contributed by atoms with Crippen LogP contribution in [0.2, 0.25) is 0 Å². The number of nitrogens with zero attached hydrogens (tertiary/aromatic N) is 1. The third-order valence-corrected chi connectivity index (χ3v) is 3.84. The summed E-state index contributed by atoms with van der Waals surface area (Å²) in [5, 5.41) is 2.74. The first-order valence-corrected chi connectivity index (χ1v) is 8.27. The molecule has 3 amide bonds. The normalized spacial score (nSPS) is 18.9. The lowest BCUT2D eigenvalue weighted by molar-refractivity contribution is -0.146. The molecule has 0 aromatic heterocycles. The molecule has 0 saturated heterocycles. The molecule has 1 rings (SSSR count). The van der Waals surface area contributed by atoms with E-state index in [-0.39, 0.29) is 29.7 Å². The van der Waals surface area contributed by atoms with Gasteiger partial charge in [-0.25, -0.2) is 0 Å². The van der Waals surface area contributed by atoms with Crippen molar-refractivity contribution in [2.45, 2.75) is 65.5 Å². The molecule has 0 spiro atoms. The maximum atomic E-state index is 12.9. The highest BCUT2D eigenvalue weighted by Crippen LogP contribution is 2.26. The van der Waals surface area contributed by atoms with Crippen LogP contribution in [0.4, 0.5) is 0 Å². The maximum absolute atomic E-state index is 12.9. The van der Waals surface area contributed by atoms with E-state index in [1.165, 1.54) is 18.1 Å². The van der Waals surface area contributed by atoms with Gasteiger partial charge in [0.25, 0.3) is 11.8 Å². The van der Waals surface area contributed by atoms with Crippen LogP contribution in [0.3, 0.4) is 0 Å². The van der Waals surface area contributed by atoms with Gasteiger partial charge < -0.3 is 10.1 Å². The van der Waals surface area contributed by atoms with Crippen molar-refractivity contribution in [1.82, 2.24) is 10.2 Å². The number of nitrogens with one attached hydrogen (secondary N) is 1. The Labute approximate surface area is 138 Å². The minimum absolute atomic E-state index is 0.192. The average molecular weight is 324 g/mol. The molecular weight excluding hydrogens is 296 g/mol. The van der Waals surface area contributed by atoms with Gasteiger partial charge in [0.05, 0.1) is 13.2 Å². The zero-order valence-electron chi connectivity index (χ0n) is 14.7. The lowest BCUT2D eigenvalue weighted by atomic mass is 10.0. The lowest BCUT2D eigenvalue weighted by Crippen LogP contribution is -2.52. The van der Waals surface area contributed by atoms with Crippen LogP contribution in [0, 0.1) is 5.92 Å². The van der Waals surface area contributed by atoms with E-state index < -0.39 is 6.04 Å². The highest BCUT2D eigenvalue weighted by Gasteiger charge is 2.40. The topological polar surface area (TPSA) is 75.7 Å². The SMILES string of the molecule is CCC[C@@H]1C(OC)=CC(=O)N1C(=O)[C@H](CC(C)C)NC(=O)CC. The molecular formula is C17H28N2O4. The fourth-order valence-corrected chi connectivity index (χ4v) is 2.73. The molecule has 0 unspecified atom stereocenters. The molecule has 6 heteroatoms. The van der Waals surface area contributed by atoms with E-state index in [9.17, 15) is 14.4 Å². The monoisotopic (exact) mass is 324 g/mol. The molecule has 0 radical (unpaired) electrons. The Morgan fingerprint density at radius 2 is 2.00 bits per heavy atom. The number of hydrogen-bond acceptors (Lipinski definition) is 4. The van der Waals surface area contributed by atoms with Gasteiger partial charge >= 0.3 is 0 Å². The molecule has 0 aromatic rings. The summed E-state index contributed by atoms with van der Waals surface area (Å²) in [6.45, 7) is 7.68. The second kappa shape index (κ2) is 8.70. The number of imide groups is 1. The summed E-state index contributed by atoms with van der Waals surface area (Å²) in [5.41, 5.74) is 0. The minimum atomic E-state index is -0.685. The van der Waals surface area contributed by atoms with Crippen molar-refractivity contribution >= 4 is 17.7 Å². The number of rotatable bonds is 8. The van der Waals surface area contributed by atoms with Crippen molar-refractivity contribution in [3.05, 3.63) is 11.8 Å². The van der Waals surface area contributed by atoms with Gasteiger partial charge in [-0.1, -0.05) is 34.1 Å². The quantitative estimate of drug-likeness (QED) is 0.741. The van der Waals surface area contributed by atoms with E-state index >= 15 is 0 Å². The first-order valence-electron chi connectivity index (χ1n) is 8.27. The predicted molar refractivity (Wildman–Crippen MR) is 87.3 cm³/mol. The largest absolute Gasteiger partial charge is 0.499 e. The number of methoxy groups -OCH3 is 1. The zero-order chi connectivity index (χ0) is 17.6. The van der Waals surface area contributed by atoms with Crippen LogP contribution in [0.1, 0.15) is 53.4 Å². The average Bonchev–Trinajstić information content (AvgIpc) is 2.81. The number of carbonyl (C=O) groups excluding carboxylic acids is 3. The molecule has 0 saturated carbocycles. The van der Waals surface area contributed by atoms with Crippen molar-refractivity contribution in [2.75, 3.05) is 7.11 Å². The highest BCUT2D eigenvalue weighted by molar-refractivity contribution is 6.06. The Balaban J connectivity index is 3.00. The Bertz CT molecular complexity index is 485. The molecule has 0 aliphatic carbocycles. The molecule has 1 N–H and O–H groups in total. The van der Waals surface area contributed by atoms with Gasteiger partial charge in [0.15, 0.2) is 0 Å². The van der Waals surface area contributed by atoms with E-state index in [4.69, 9.17) is 4.74 Å². The smallest absolute Gasteiger partial charge is 0.257 e. The highest BCUT2D eigenvalue weighted by atomic mass is 16.5. The fourth-order valence-electron chi connectivity index (χ4n) is 2.73. The lowest BCUT2D eigenvalue weighted by Gasteiger charge is -2.29. The zero-order valence-corrected chi connectivity index (χ0v) is 14.7. The summed E-state index contributed by atoms with van der Waals surface area (Å²) in [5.74, 6) is -0.187. The number of carbonyl (C=O) groups is 3. The van der Waals surface area contributed by atoms with E-state index in [1.807, 2.05) is 20.8 Å². The van der Waals surface area contributed by atoms with Gasteiger partial charge in [-0.05, 0) is 18.8 Å². The van der Waals surface area contributed by atoms with Crippen LogP contribution < -0.4 is 5.32 Å². The van der Waals surface area contributed by atoms with Crippen LogP contribution in [0.15, 0.2) is 11.8 Å². The Morgan fingerprint density at radius 1 is 1.35 bits per heavy atom. The van der Waals surface area contributed by atoms with Crippen LogP contribution in [-0.4, -0.2) is 41.8 Å². The van der Waals surface area contributed by atoms with Gasteiger partial charge in [0, 0.05) is 12.5 Å². The van der Waals surface area contributed by atoms with E-state index in [0.717, 1.165) is 6.42 Å². The summed E-state index contributed by atoms with van der Waals surface area (Å²) in [6, 6.07) is -1.06. The first kappa shape index (κ1) is 19.2. The summed E-state index contributed by atoms with van der Waals surface area (Å²) >= 11 is 0. The predicted octanol–water partition coefficient (Wildman–Crippen LogP) is 2.00. The van der Waals surface area contributed by atoms with Crippen molar-refractivity contribution < 1.29 is 19.1 Å². The number of hydrogen-bond donors (Lipinski definition) is 1. The Hall–Kier alpha value is -1.85. The summed E-state index contributed by atoms with van der Waals surface area (Å²) in [7, 11) is 1.50. The van der Waals surface area contributed by atoms with E-state index in [0.29, 0.717) is 25.0 Å². The third-order valence-electron chi connectivity index (χ3n) is 3.84. The molecule has 0 bridgehead atoms. The molecule has 1 heterocycles. The standard InChI is InChI=1S/C17H28N2O4/c1-6-8-13-14(23-5)10-16(21)19(13)17(22)12(9-11(3)4)18-15(20)7-2/h10-13H,6-9H2,1-5H3,(H,18,20)/t12-,13+/m0/s1. The van der Waals surface area contributed by atoms with Crippen LogP contribution in [-0.2, 0) is 19.1 Å². The second-order valence-corrected chi connectivity index (χ2v) is 6.20. The molecule has 1 aliphatic heterocycles. The van der Waals surface area contributed by atoms with Crippen molar-refractivity contribution in [2.24, 2.45) is 5.92 Å². The van der Waals surface area contributed by atoms with Crippen LogP contribution in [0.5, 0.6) is 0 Å². The molecule has 130 valence electrons. The maximum Gasteiger partial charge on any atom is 0.257 e. The first-order chi connectivity index (χ1) is 10.8. The fraction of sp³-hybridized carbons (Fsp3) is 0.706. The molecule has 2 atom stereocenters. The molecule has 23 heavy (non-hydrogen) atoms. The van der Waals surface area contributed by atoms with Gasteiger partial charge in [0.1, 0.15) is 11.8 Å². The van der Waals surface area contributed by atoms with Crippen molar-refractivity contribution in [3.63, 3.8) is 0 Å². The van der Waals surface area contributed by atoms with Gasteiger partial charge in [-0.15, -0.1) is 0 Å².